The van der Waals surface area contributed by atoms with E-state index < -0.39 is 0 Å². The lowest BCUT2D eigenvalue weighted by Crippen LogP contribution is -2.42. The second-order valence-electron chi connectivity index (χ2n) is 4.33. The van der Waals surface area contributed by atoms with Crippen LogP contribution in [0.15, 0.2) is 12.4 Å². The van der Waals surface area contributed by atoms with E-state index in [4.69, 9.17) is 5.11 Å². The van der Waals surface area contributed by atoms with Gasteiger partial charge in [-0.2, -0.15) is 0 Å². The number of aliphatic hydroxyl groups is 2. The van der Waals surface area contributed by atoms with Gasteiger partial charge in [-0.15, -0.1) is 0 Å². The summed E-state index contributed by atoms with van der Waals surface area (Å²) in [7, 11) is 0. The van der Waals surface area contributed by atoms with Gasteiger partial charge < -0.3 is 15.1 Å². The maximum atomic E-state index is 9.62. The van der Waals surface area contributed by atoms with Gasteiger partial charge in [0.1, 0.15) is 0 Å². The Hall–Kier alpha value is -1.20. The van der Waals surface area contributed by atoms with E-state index in [2.05, 4.69) is 14.9 Å². The van der Waals surface area contributed by atoms with Crippen LogP contribution in [0.25, 0.3) is 0 Å². The van der Waals surface area contributed by atoms with Crippen molar-refractivity contribution in [3.05, 3.63) is 18.0 Å². The average molecular weight is 223 g/mol. The van der Waals surface area contributed by atoms with E-state index in [-0.39, 0.29) is 18.6 Å². The van der Waals surface area contributed by atoms with Crippen LogP contribution in [0.1, 0.15) is 18.9 Å². The molecule has 0 amide bonds. The summed E-state index contributed by atoms with van der Waals surface area (Å²) in [6, 6.07) is 0. The molecule has 1 aliphatic rings. The van der Waals surface area contributed by atoms with E-state index in [1.54, 1.807) is 12.4 Å². The van der Waals surface area contributed by atoms with E-state index in [0.717, 1.165) is 19.5 Å². The van der Waals surface area contributed by atoms with Crippen molar-refractivity contribution in [3.8, 4) is 0 Å². The van der Waals surface area contributed by atoms with Crippen molar-refractivity contribution in [2.24, 2.45) is 5.92 Å². The quantitative estimate of drug-likeness (QED) is 0.748. The molecular formula is C11H17N3O2. The summed E-state index contributed by atoms with van der Waals surface area (Å²) < 4.78 is 0. The number of rotatable bonds is 2. The zero-order valence-electron chi connectivity index (χ0n) is 9.37. The lowest BCUT2D eigenvalue weighted by molar-refractivity contribution is 0.0966. The van der Waals surface area contributed by atoms with Crippen LogP contribution in [0.3, 0.4) is 0 Å². The highest BCUT2D eigenvalue weighted by atomic mass is 16.3. The summed E-state index contributed by atoms with van der Waals surface area (Å²) >= 11 is 0. The van der Waals surface area contributed by atoms with Gasteiger partial charge in [0.15, 0.2) is 0 Å². The lowest BCUT2D eigenvalue weighted by Gasteiger charge is -2.34. The first-order valence-corrected chi connectivity index (χ1v) is 5.55. The topological polar surface area (TPSA) is 69.5 Å². The van der Waals surface area contributed by atoms with Gasteiger partial charge in [-0.1, -0.05) is 6.92 Å². The normalized spacial score (nSPS) is 25.8. The largest absolute Gasteiger partial charge is 0.393 e. The number of hydrogen-bond acceptors (Lipinski definition) is 5. The van der Waals surface area contributed by atoms with Crippen LogP contribution >= 0.6 is 0 Å². The molecule has 0 aliphatic carbocycles. The molecule has 0 bridgehead atoms. The summed E-state index contributed by atoms with van der Waals surface area (Å²) in [6.45, 7) is 3.55. The van der Waals surface area contributed by atoms with E-state index in [9.17, 15) is 5.11 Å². The van der Waals surface area contributed by atoms with Gasteiger partial charge in [0.2, 0.25) is 5.95 Å². The smallest absolute Gasteiger partial charge is 0.225 e. The fraction of sp³-hybridized carbons (Fsp3) is 0.636. The van der Waals surface area contributed by atoms with Crippen LogP contribution in [0.5, 0.6) is 0 Å². The van der Waals surface area contributed by atoms with Crippen molar-refractivity contribution >= 4 is 5.95 Å². The van der Waals surface area contributed by atoms with Gasteiger partial charge in [-0.05, 0) is 12.3 Å². The summed E-state index contributed by atoms with van der Waals surface area (Å²) in [5.41, 5.74) is 0.717. The Morgan fingerprint density at radius 1 is 1.44 bits per heavy atom. The van der Waals surface area contributed by atoms with Gasteiger partial charge >= 0.3 is 0 Å². The first kappa shape index (κ1) is 11.3. The third kappa shape index (κ3) is 2.31. The van der Waals surface area contributed by atoms with Gasteiger partial charge in [0, 0.05) is 31.0 Å². The zero-order chi connectivity index (χ0) is 11.5. The van der Waals surface area contributed by atoms with E-state index in [0.29, 0.717) is 11.5 Å². The lowest BCUT2D eigenvalue weighted by atomic mass is 9.97. The fourth-order valence-electron chi connectivity index (χ4n) is 1.91. The van der Waals surface area contributed by atoms with Crippen LogP contribution < -0.4 is 4.90 Å². The fourth-order valence-corrected chi connectivity index (χ4v) is 1.91. The molecule has 0 aromatic carbocycles. The molecule has 2 unspecified atom stereocenters. The molecule has 1 aliphatic heterocycles. The zero-order valence-corrected chi connectivity index (χ0v) is 9.37. The van der Waals surface area contributed by atoms with Crippen LogP contribution in [-0.4, -0.2) is 39.4 Å². The predicted molar refractivity (Wildman–Crippen MR) is 60.0 cm³/mol. The Morgan fingerprint density at radius 2 is 2.12 bits per heavy atom. The molecule has 1 aromatic rings. The number of piperidine rings is 1. The van der Waals surface area contributed by atoms with Crippen molar-refractivity contribution in [2.45, 2.75) is 26.1 Å². The van der Waals surface area contributed by atoms with Crippen LogP contribution in [-0.2, 0) is 6.61 Å². The predicted octanol–water partition coefficient (Wildman–Crippen LogP) is 0.176. The van der Waals surface area contributed by atoms with Crippen LogP contribution in [0.2, 0.25) is 0 Å². The van der Waals surface area contributed by atoms with Gasteiger partial charge in [0.05, 0.1) is 12.7 Å². The number of aromatic nitrogens is 2. The molecule has 0 radical (unpaired) electrons. The minimum absolute atomic E-state index is 0.0323. The minimum Gasteiger partial charge on any atom is -0.393 e. The molecule has 1 fully saturated rings. The molecule has 5 heteroatoms. The van der Waals surface area contributed by atoms with Gasteiger partial charge in [0.25, 0.3) is 0 Å². The highest BCUT2D eigenvalue weighted by Gasteiger charge is 2.25. The first-order valence-electron chi connectivity index (χ1n) is 5.55. The van der Waals surface area contributed by atoms with E-state index in [1.165, 1.54) is 0 Å². The second-order valence-corrected chi connectivity index (χ2v) is 4.33. The molecule has 2 N–H and O–H groups in total. The van der Waals surface area contributed by atoms with Crippen molar-refractivity contribution in [3.63, 3.8) is 0 Å². The SMILES string of the molecule is CC1CN(c2ncc(CO)cn2)CCC1O. The first-order chi connectivity index (χ1) is 7.70. The van der Waals surface area contributed by atoms with E-state index >= 15 is 0 Å². The van der Waals surface area contributed by atoms with Crippen molar-refractivity contribution in [2.75, 3.05) is 18.0 Å². The van der Waals surface area contributed by atoms with Crippen molar-refractivity contribution in [1.82, 2.24) is 9.97 Å². The Balaban J connectivity index is 2.06. The summed E-state index contributed by atoms with van der Waals surface area (Å²) in [5.74, 6) is 0.922. The van der Waals surface area contributed by atoms with Gasteiger partial charge in [-0.3, -0.25) is 0 Å². The van der Waals surface area contributed by atoms with Crippen molar-refractivity contribution in [1.29, 1.82) is 0 Å². The van der Waals surface area contributed by atoms with Gasteiger partial charge in [-0.25, -0.2) is 9.97 Å². The number of aliphatic hydroxyl groups excluding tert-OH is 2. The standard InChI is InChI=1S/C11H17N3O2/c1-8-6-14(3-2-10(8)16)11-12-4-9(7-15)5-13-11/h4-5,8,10,15-16H,2-3,6-7H2,1H3. The molecule has 5 nitrogen and oxygen atoms in total. The Kier molecular flexibility index (Phi) is 3.36. The minimum atomic E-state index is -0.215. The summed E-state index contributed by atoms with van der Waals surface area (Å²) in [5, 5.41) is 18.5. The Morgan fingerprint density at radius 3 is 2.69 bits per heavy atom. The monoisotopic (exact) mass is 223 g/mol. The maximum Gasteiger partial charge on any atom is 0.225 e. The molecule has 2 heterocycles. The summed E-state index contributed by atoms with van der Waals surface area (Å²) in [4.78, 5) is 10.5. The molecule has 1 aromatic heterocycles. The molecule has 88 valence electrons. The Bertz CT molecular complexity index is 342. The van der Waals surface area contributed by atoms with Crippen LogP contribution in [0.4, 0.5) is 5.95 Å². The average Bonchev–Trinajstić information content (AvgIpc) is 2.33. The summed E-state index contributed by atoms with van der Waals surface area (Å²) in [6.07, 6.45) is 3.82. The third-order valence-electron chi connectivity index (χ3n) is 3.02. The molecule has 1 saturated heterocycles. The van der Waals surface area contributed by atoms with Crippen LogP contribution in [0, 0.1) is 5.92 Å². The molecule has 2 atom stereocenters. The maximum absolute atomic E-state index is 9.62. The number of hydrogen-bond donors (Lipinski definition) is 2. The van der Waals surface area contributed by atoms with E-state index in [1.807, 2.05) is 6.92 Å². The molecule has 0 spiro atoms. The Labute approximate surface area is 94.8 Å². The van der Waals surface area contributed by atoms with Crippen molar-refractivity contribution < 1.29 is 10.2 Å². The molecule has 16 heavy (non-hydrogen) atoms. The third-order valence-corrected chi connectivity index (χ3v) is 3.02. The number of nitrogens with zero attached hydrogens (tertiary/aromatic N) is 3. The second kappa shape index (κ2) is 4.76. The highest BCUT2D eigenvalue weighted by molar-refractivity contribution is 5.30. The molecule has 2 rings (SSSR count). The highest BCUT2D eigenvalue weighted by Crippen LogP contribution is 2.20. The molecular weight excluding hydrogens is 206 g/mol. The molecule has 0 saturated carbocycles. The number of anilines is 1.